The first-order valence-corrected chi connectivity index (χ1v) is 9.89. The normalized spacial score (nSPS) is 27.8. The number of likely N-dealkylation sites (N-methyl/N-ethyl adjacent to an activating group) is 1. The lowest BCUT2D eigenvalue weighted by Gasteiger charge is -2.42. The monoisotopic (exact) mass is 416 g/mol. The Bertz CT molecular complexity index is 854. The second-order valence-corrected chi connectivity index (χ2v) is 7.54. The van der Waals surface area contributed by atoms with E-state index < -0.39 is 36.6 Å². The maximum atomic E-state index is 13.0. The van der Waals surface area contributed by atoms with Gasteiger partial charge in [0.05, 0.1) is 24.8 Å². The third-order valence-electron chi connectivity index (χ3n) is 5.49. The molecule has 0 unspecified atom stereocenters. The molecule has 160 valence electrons. The van der Waals surface area contributed by atoms with E-state index in [2.05, 4.69) is 15.6 Å². The van der Waals surface area contributed by atoms with Crippen molar-refractivity contribution in [2.45, 2.75) is 37.0 Å². The average Bonchev–Trinajstić information content (AvgIpc) is 3.17. The zero-order chi connectivity index (χ0) is 21.1. The highest BCUT2D eigenvalue weighted by Gasteiger charge is 2.51. The summed E-state index contributed by atoms with van der Waals surface area (Å²) in [5.74, 6) is -0.386. The van der Waals surface area contributed by atoms with E-state index >= 15 is 0 Å². The third-order valence-corrected chi connectivity index (χ3v) is 5.49. The molecule has 2 amide bonds. The van der Waals surface area contributed by atoms with Crippen LogP contribution in [0.2, 0.25) is 0 Å². The van der Waals surface area contributed by atoms with Crippen molar-refractivity contribution < 1.29 is 23.8 Å². The van der Waals surface area contributed by atoms with Crippen LogP contribution < -0.4 is 10.6 Å². The number of rotatable bonds is 6. The maximum absolute atomic E-state index is 13.0. The van der Waals surface area contributed by atoms with Gasteiger partial charge < -0.3 is 25.2 Å². The van der Waals surface area contributed by atoms with E-state index in [9.17, 15) is 14.3 Å². The van der Waals surface area contributed by atoms with Gasteiger partial charge in [-0.1, -0.05) is 6.07 Å². The summed E-state index contributed by atoms with van der Waals surface area (Å²) in [4.78, 5) is 18.7. The lowest BCUT2D eigenvalue weighted by atomic mass is 9.95. The van der Waals surface area contributed by atoms with Gasteiger partial charge in [-0.05, 0) is 43.4 Å². The quantitative estimate of drug-likeness (QED) is 0.658. The number of amides is 2. The second-order valence-electron chi connectivity index (χ2n) is 7.54. The van der Waals surface area contributed by atoms with E-state index in [0.29, 0.717) is 18.7 Å². The van der Waals surface area contributed by atoms with Gasteiger partial charge in [-0.15, -0.1) is 0 Å². The van der Waals surface area contributed by atoms with Crippen LogP contribution in [0.15, 0.2) is 48.7 Å². The number of halogens is 1. The van der Waals surface area contributed by atoms with Crippen LogP contribution >= 0.6 is 0 Å². The lowest BCUT2D eigenvalue weighted by molar-refractivity contribution is -0.176. The zero-order valence-electron chi connectivity index (χ0n) is 16.6. The van der Waals surface area contributed by atoms with Gasteiger partial charge in [-0.3, -0.25) is 9.88 Å². The zero-order valence-corrected chi connectivity index (χ0v) is 16.6. The number of ether oxygens (including phenoxy) is 2. The minimum atomic E-state index is -0.885. The molecule has 2 fully saturated rings. The number of hydrogen-bond acceptors (Lipinski definition) is 6. The lowest BCUT2D eigenvalue weighted by Crippen LogP contribution is -2.65. The van der Waals surface area contributed by atoms with Gasteiger partial charge in [0, 0.05) is 30.5 Å². The number of aromatic nitrogens is 1. The largest absolute Gasteiger partial charge is 0.389 e. The number of nitrogens with zero attached hydrogens (tertiary/aromatic N) is 2. The van der Waals surface area contributed by atoms with Crippen LogP contribution in [-0.4, -0.2) is 71.8 Å². The highest BCUT2D eigenvalue weighted by molar-refractivity contribution is 5.89. The van der Waals surface area contributed by atoms with Crippen molar-refractivity contribution in [3.8, 4) is 0 Å². The molecule has 0 aliphatic carbocycles. The van der Waals surface area contributed by atoms with Crippen molar-refractivity contribution in [2.75, 3.05) is 25.5 Å². The smallest absolute Gasteiger partial charge is 0.319 e. The molecule has 3 N–H and O–H groups in total. The van der Waals surface area contributed by atoms with Gasteiger partial charge in [0.15, 0.2) is 6.29 Å². The van der Waals surface area contributed by atoms with Crippen LogP contribution in [0.5, 0.6) is 0 Å². The van der Waals surface area contributed by atoms with Crippen LogP contribution in [0.1, 0.15) is 5.69 Å². The van der Waals surface area contributed by atoms with Gasteiger partial charge in [0.25, 0.3) is 0 Å². The topological polar surface area (TPSA) is 96.0 Å². The molecule has 4 rings (SSSR count). The summed E-state index contributed by atoms with van der Waals surface area (Å²) in [5.41, 5.74) is 1.40. The van der Waals surface area contributed by atoms with E-state index in [1.807, 2.05) is 30.1 Å². The molecule has 0 radical (unpaired) electrons. The number of carbonyl (C=O) groups is 1. The van der Waals surface area contributed by atoms with Crippen LogP contribution in [0, 0.1) is 5.82 Å². The van der Waals surface area contributed by atoms with Crippen LogP contribution in [0.25, 0.3) is 0 Å². The highest BCUT2D eigenvalue weighted by Crippen LogP contribution is 2.31. The number of urea groups is 1. The number of nitrogens with one attached hydrogen (secondary N) is 2. The molecule has 0 spiro atoms. The molecular formula is C21H25FN4O4. The Morgan fingerprint density at radius 2 is 2.10 bits per heavy atom. The summed E-state index contributed by atoms with van der Waals surface area (Å²) in [6, 6.07) is 9.61. The molecule has 2 aliphatic rings. The van der Waals surface area contributed by atoms with Crippen molar-refractivity contribution in [2.24, 2.45) is 0 Å². The first-order valence-electron chi connectivity index (χ1n) is 9.89. The number of aliphatic hydroxyl groups is 1. The third kappa shape index (κ3) is 4.59. The van der Waals surface area contributed by atoms with Crippen molar-refractivity contribution in [1.29, 1.82) is 0 Å². The van der Waals surface area contributed by atoms with E-state index in [0.717, 1.165) is 5.69 Å². The molecule has 3 heterocycles. The molecule has 1 aromatic carbocycles. The summed E-state index contributed by atoms with van der Waals surface area (Å²) in [6.45, 7) is 0.926. The summed E-state index contributed by atoms with van der Waals surface area (Å²) >= 11 is 0. The van der Waals surface area contributed by atoms with E-state index in [4.69, 9.17) is 9.47 Å². The van der Waals surface area contributed by atoms with Crippen molar-refractivity contribution >= 4 is 11.7 Å². The number of fused-ring (bicyclic) bond motifs is 2. The van der Waals surface area contributed by atoms with E-state index in [1.165, 1.54) is 24.3 Å². The van der Waals surface area contributed by atoms with Crippen LogP contribution in [0.4, 0.5) is 14.9 Å². The Balaban J connectivity index is 1.38. The fourth-order valence-electron chi connectivity index (χ4n) is 3.89. The minimum Gasteiger partial charge on any atom is -0.389 e. The fourth-order valence-corrected chi connectivity index (χ4v) is 3.89. The molecular weight excluding hydrogens is 391 g/mol. The molecule has 0 saturated carbocycles. The SMILES string of the molecule is CN(CCc1ccccn1)[C@H]1[C@@H]2OC[C@@H](O2)[C@@H](NC(=O)Nc2ccc(F)cc2)[C@@H]1O. The van der Waals surface area contributed by atoms with Crippen LogP contribution in [0.3, 0.4) is 0 Å². The second kappa shape index (κ2) is 9.05. The van der Waals surface area contributed by atoms with Crippen molar-refractivity contribution in [3.63, 3.8) is 0 Å². The Kier molecular flexibility index (Phi) is 6.24. The number of carbonyl (C=O) groups excluding carboxylic acids is 1. The first kappa shape index (κ1) is 20.7. The number of pyridine rings is 1. The number of aliphatic hydroxyl groups excluding tert-OH is 1. The minimum absolute atomic E-state index is 0.286. The molecule has 9 heteroatoms. The van der Waals surface area contributed by atoms with Crippen LogP contribution in [-0.2, 0) is 15.9 Å². The first-order chi connectivity index (χ1) is 14.5. The number of anilines is 1. The molecule has 1 aromatic heterocycles. The molecule has 30 heavy (non-hydrogen) atoms. The molecule has 2 aromatic rings. The summed E-state index contributed by atoms with van der Waals surface area (Å²) in [6.07, 6.45) is 0.572. The predicted molar refractivity (Wildman–Crippen MR) is 107 cm³/mol. The standard InChI is InChI=1S/C21H25FN4O4/c1-26(11-9-14-4-2-3-10-23-14)18-19(27)17(16-12-29-20(18)30-16)25-21(28)24-15-7-5-13(22)6-8-15/h2-8,10,16-20,27H,9,11-12H2,1H3,(H2,24,25,28)/t16-,17-,18-,19+,20-/m1/s1. The maximum Gasteiger partial charge on any atom is 0.319 e. The van der Waals surface area contributed by atoms with Crippen molar-refractivity contribution in [1.82, 2.24) is 15.2 Å². The summed E-state index contributed by atoms with van der Waals surface area (Å²) < 4.78 is 24.7. The van der Waals surface area contributed by atoms with Crippen molar-refractivity contribution in [3.05, 3.63) is 60.2 Å². The molecule has 8 nitrogen and oxygen atoms in total. The van der Waals surface area contributed by atoms with Gasteiger partial charge in [-0.2, -0.15) is 0 Å². The number of hydrogen-bond donors (Lipinski definition) is 3. The summed E-state index contributed by atoms with van der Waals surface area (Å²) in [5, 5.41) is 16.4. The van der Waals surface area contributed by atoms with E-state index in [-0.39, 0.29) is 12.4 Å². The Hall–Kier alpha value is -2.59. The van der Waals surface area contributed by atoms with E-state index in [1.54, 1.807) is 6.20 Å². The number of benzene rings is 1. The van der Waals surface area contributed by atoms with Gasteiger partial charge >= 0.3 is 6.03 Å². The highest BCUT2D eigenvalue weighted by atomic mass is 19.1. The fraction of sp³-hybridized carbons (Fsp3) is 0.429. The van der Waals surface area contributed by atoms with Gasteiger partial charge in [-0.25, -0.2) is 9.18 Å². The van der Waals surface area contributed by atoms with Gasteiger partial charge in [0.2, 0.25) is 0 Å². The molecule has 5 atom stereocenters. The molecule has 2 aliphatic heterocycles. The molecule has 2 bridgehead atoms. The van der Waals surface area contributed by atoms with Gasteiger partial charge in [0.1, 0.15) is 11.9 Å². The Morgan fingerprint density at radius 3 is 2.83 bits per heavy atom. The Labute approximate surface area is 174 Å². The average molecular weight is 416 g/mol. The summed E-state index contributed by atoms with van der Waals surface area (Å²) in [7, 11) is 1.89. The predicted octanol–water partition coefficient (Wildman–Crippen LogP) is 1.37. The molecule has 2 saturated heterocycles. The Morgan fingerprint density at radius 1 is 1.30 bits per heavy atom.